The highest BCUT2D eigenvalue weighted by atomic mass is 16.3. The zero-order chi connectivity index (χ0) is 18.1. The molecule has 2 heterocycles. The van der Waals surface area contributed by atoms with Crippen molar-refractivity contribution in [1.82, 2.24) is 9.88 Å². The molecule has 1 aromatic heterocycles. The number of hydrogen-bond donors (Lipinski definition) is 2. The Labute approximate surface area is 153 Å². The molecular formula is C21H25N3O2. The maximum atomic E-state index is 13.1. The number of likely N-dealkylation sites (tertiary alicyclic amines) is 1. The van der Waals surface area contributed by atoms with Gasteiger partial charge in [0.05, 0.1) is 11.2 Å². The summed E-state index contributed by atoms with van der Waals surface area (Å²) in [4.78, 5) is 19.1. The van der Waals surface area contributed by atoms with Gasteiger partial charge in [0.1, 0.15) is 5.82 Å². The summed E-state index contributed by atoms with van der Waals surface area (Å²) < 4.78 is 0. The van der Waals surface area contributed by atoms with E-state index in [4.69, 9.17) is 5.73 Å². The lowest BCUT2D eigenvalue weighted by Gasteiger charge is -2.52. The summed E-state index contributed by atoms with van der Waals surface area (Å²) in [7, 11) is 0. The van der Waals surface area contributed by atoms with E-state index >= 15 is 0 Å². The van der Waals surface area contributed by atoms with Gasteiger partial charge in [-0.25, -0.2) is 4.98 Å². The first kappa shape index (κ1) is 17.0. The topological polar surface area (TPSA) is 79.5 Å². The summed E-state index contributed by atoms with van der Waals surface area (Å²) >= 11 is 0. The molecule has 5 nitrogen and oxygen atoms in total. The minimum Gasteiger partial charge on any atom is -0.385 e. The number of carbonyl (C=O) groups is 1. The van der Waals surface area contributed by atoms with Crippen molar-refractivity contribution in [2.45, 2.75) is 43.7 Å². The van der Waals surface area contributed by atoms with Crippen LogP contribution in [0.4, 0.5) is 5.82 Å². The minimum atomic E-state index is -0.871. The first-order valence-corrected chi connectivity index (χ1v) is 9.40. The van der Waals surface area contributed by atoms with Crippen LogP contribution in [0, 0.1) is 5.92 Å². The fraction of sp³-hybridized carbons (Fsp3) is 0.429. The molecule has 4 rings (SSSR count). The smallest absolute Gasteiger partial charge is 0.257 e. The molecule has 2 aliphatic rings. The molecular weight excluding hydrogens is 326 g/mol. The van der Waals surface area contributed by atoms with E-state index in [0.29, 0.717) is 18.5 Å². The Morgan fingerprint density at radius 1 is 1.15 bits per heavy atom. The monoisotopic (exact) mass is 351 g/mol. The van der Waals surface area contributed by atoms with Gasteiger partial charge in [-0.05, 0) is 37.0 Å². The summed E-state index contributed by atoms with van der Waals surface area (Å²) in [5.41, 5.74) is 6.48. The van der Waals surface area contributed by atoms with Gasteiger partial charge in [0.2, 0.25) is 0 Å². The second-order valence-corrected chi connectivity index (χ2v) is 7.43. The molecule has 0 spiro atoms. The largest absolute Gasteiger partial charge is 0.385 e. The molecule has 1 saturated heterocycles. The van der Waals surface area contributed by atoms with Gasteiger partial charge >= 0.3 is 0 Å². The highest BCUT2D eigenvalue weighted by Gasteiger charge is 2.50. The SMILES string of the molecule is Nc1ncccc1C(=O)N1CCC(O)(c2ccccc2)[C@@H]2CCCC[C@@H]21. The number of hydrogen-bond acceptors (Lipinski definition) is 4. The van der Waals surface area contributed by atoms with Crippen LogP contribution in [0.25, 0.3) is 0 Å². The zero-order valence-corrected chi connectivity index (χ0v) is 14.8. The van der Waals surface area contributed by atoms with Gasteiger partial charge < -0.3 is 15.7 Å². The zero-order valence-electron chi connectivity index (χ0n) is 14.8. The van der Waals surface area contributed by atoms with Crippen LogP contribution in [0.3, 0.4) is 0 Å². The van der Waals surface area contributed by atoms with Crippen molar-refractivity contribution in [3.8, 4) is 0 Å². The van der Waals surface area contributed by atoms with Crippen molar-refractivity contribution >= 4 is 11.7 Å². The third-order valence-electron chi connectivity index (χ3n) is 6.08. The number of carbonyl (C=O) groups excluding carboxylic acids is 1. The minimum absolute atomic E-state index is 0.0369. The number of piperidine rings is 1. The predicted molar refractivity (Wildman–Crippen MR) is 100 cm³/mol. The molecule has 5 heteroatoms. The Morgan fingerprint density at radius 2 is 1.92 bits per heavy atom. The predicted octanol–water partition coefficient (Wildman–Crippen LogP) is 2.96. The van der Waals surface area contributed by atoms with E-state index in [-0.39, 0.29) is 23.7 Å². The molecule has 1 aromatic carbocycles. The normalized spacial score (nSPS) is 28.4. The molecule has 136 valence electrons. The fourth-order valence-corrected chi connectivity index (χ4v) is 4.77. The van der Waals surface area contributed by atoms with Crippen molar-refractivity contribution in [2.75, 3.05) is 12.3 Å². The Bertz CT molecular complexity index is 795. The van der Waals surface area contributed by atoms with Gasteiger partial charge in [-0.3, -0.25) is 4.79 Å². The Hall–Kier alpha value is -2.40. The molecule has 3 atom stereocenters. The van der Waals surface area contributed by atoms with Gasteiger partial charge in [0, 0.05) is 24.7 Å². The first-order chi connectivity index (χ1) is 12.6. The lowest BCUT2D eigenvalue weighted by Crippen LogP contribution is -2.59. The Morgan fingerprint density at radius 3 is 2.69 bits per heavy atom. The molecule has 1 amide bonds. The number of nitrogens with zero attached hydrogens (tertiary/aromatic N) is 2. The Kier molecular flexibility index (Phi) is 4.41. The Balaban J connectivity index is 1.67. The lowest BCUT2D eigenvalue weighted by atomic mass is 9.66. The number of amides is 1. The van der Waals surface area contributed by atoms with Crippen LogP contribution in [0.1, 0.15) is 48.0 Å². The molecule has 2 aromatic rings. The number of nitrogen functional groups attached to an aromatic ring is 1. The summed E-state index contributed by atoms with van der Waals surface area (Å²) in [6.45, 7) is 0.528. The van der Waals surface area contributed by atoms with E-state index in [1.807, 2.05) is 35.2 Å². The van der Waals surface area contributed by atoms with Crippen LogP contribution in [-0.4, -0.2) is 33.5 Å². The van der Waals surface area contributed by atoms with Gasteiger partial charge in [0.25, 0.3) is 5.91 Å². The number of rotatable bonds is 2. The number of aliphatic hydroxyl groups is 1. The van der Waals surface area contributed by atoms with Crippen LogP contribution in [-0.2, 0) is 5.60 Å². The van der Waals surface area contributed by atoms with Crippen LogP contribution >= 0.6 is 0 Å². The second-order valence-electron chi connectivity index (χ2n) is 7.43. The van der Waals surface area contributed by atoms with Crippen LogP contribution in [0.15, 0.2) is 48.7 Å². The molecule has 2 fully saturated rings. The number of pyridine rings is 1. The third kappa shape index (κ3) is 2.76. The van der Waals surface area contributed by atoms with E-state index in [0.717, 1.165) is 31.2 Å². The fourth-order valence-electron chi connectivity index (χ4n) is 4.77. The summed E-state index contributed by atoms with van der Waals surface area (Å²) in [6.07, 6.45) is 6.17. The van der Waals surface area contributed by atoms with Crippen LogP contribution in [0.2, 0.25) is 0 Å². The molecule has 0 bridgehead atoms. The molecule has 1 aliphatic carbocycles. The molecule has 3 N–H and O–H groups in total. The van der Waals surface area contributed by atoms with Gasteiger partial charge in [-0.15, -0.1) is 0 Å². The molecule has 1 aliphatic heterocycles. The van der Waals surface area contributed by atoms with Crippen LogP contribution < -0.4 is 5.73 Å². The average Bonchev–Trinajstić information content (AvgIpc) is 2.69. The number of aromatic nitrogens is 1. The van der Waals surface area contributed by atoms with Crippen molar-refractivity contribution in [3.63, 3.8) is 0 Å². The lowest BCUT2D eigenvalue weighted by molar-refractivity contribution is -0.110. The summed E-state index contributed by atoms with van der Waals surface area (Å²) in [5, 5.41) is 11.6. The van der Waals surface area contributed by atoms with Crippen LogP contribution in [0.5, 0.6) is 0 Å². The van der Waals surface area contributed by atoms with E-state index in [9.17, 15) is 9.90 Å². The number of benzene rings is 1. The van der Waals surface area contributed by atoms with Crippen molar-refractivity contribution in [1.29, 1.82) is 0 Å². The van der Waals surface area contributed by atoms with E-state index in [2.05, 4.69) is 4.98 Å². The van der Waals surface area contributed by atoms with Crippen molar-refractivity contribution in [2.24, 2.45) is 5.92 Å². The molecule has 26 heavy (non-hydrogen) atoms. The molecule has 1 unspecified atom stereocenters. The average molecular weight is 351 g/mol. The van der Waals surface area contributed by atoms with Gasteiger partial charge in [-0.1, -0.05) is 43.2 Å². The van der Waals surface area contributed by atoms with Crippen molar-refractivity contribution in [3.05, 3.63) is 59.8 Å². The van der Waals surface area contributed by atoms with E-state index in [1.165, 1.54) is 0 Å². The maximum Gasteiger partial charge on any atom is 0.257 e. The van der Waals surface area contributed by atoms with E-state index < -0.39 is 5.60 Å². The standard InChI is InChI=1S/C21H25N3O2/c22-19-16(9-6-13-23-19)20(25)24-14-12-21(26,15-7-2-1-3-8-15)17-10-4-5-11-18(17)24/h1-3,6-9,13,17-18,26H,4-5,10-12,14H2,(H2,22,23)/t17-,18+,21?/m1/s1. The highest BCUT2D eigenvalue weighted by molar-refractivity contribution is 5.98. The highest BCUT2D eigenvalue weighted by Crippen LogP contribution is 2.47. The summed E-state index contributed by atoms with van der Waals surface area (Å²) in [5.74, 6) is 0.255. The number of anilines is 1. The summed E-state index contributed by atoms with van der Waals surface area (Å²) in [6, 6.07) is 13.4. The van der Waals surface area contributed by atoms with Gasteiger partial charge in [-0.2, -0.15) is 0 Å². The quantitative estimate of drug-likeness (QED) is 0.872. The number of nitrogens with two attached hydrogens (primary N) is 1. The third-order valence-corrected chi connectivity index (χ3v) is 6.08. The van der Waals surface area contributed by atoms with Crippen molar-refractivity contribution < 1.29 is 9.90 Å². The molecule has 1 saturated carbocycles. The second kappa shape index (κ2) is 6.72. The number of fused-ring (bicyclic) bond motifs is 1. The maximum absolute atomic E-state index is 13.1. The van der Waals surface area contributed by atoms with E-state index in [1.54, 1.807) is 18.3 Å². The van der Waals surface area contributed by atoms with Gasteiger partial charge in [0.15, 0.2) is 0 Å². The molecule has 0 radical (unpaired) electrons. The first-order valence-electron chi connectivity index (χ1n) is 9.40.